The molecule has 6 unspecified atom stereocenters. The molecule has 0 aromatic heterocycles. The molecule has 6 atom stereocenters. The normalized spacial score (nSPS) is 18.6. The Morgan fingerprint density at radius 1 is 1.21 bits per heavy atom. The minimum absolute atomic E-state index is 0.239. The molecule has 14 heavy (non-hydrogen) atoms. The van der Waals surface area contributed by atoms with Crippen LogP contribution in [0.3, 0.4) is 0 Å². The van der Waals surface area contributed by atoms with Crippen LogP contribution in [0, 0.1) is 11.8 Å². The molecule has 0 bridgehead atoms. The van der Waals surface area contributed by atoms with Gasteiger partial charge in [0, 0.05) is 0 Å². The summed E-state index contributed by atoms with van der Waals surface area (Å²) in [5.41, 5.74) is 0. The maximum atomic E-state index is 3.04. The van der Waals surface area contributed by atoms with E-state index in [1.54, 1.807) is 0 Å². The third kappa shape index (κ3) is 7.94. The lowest BCUT2D eigenvalue weighted by molar-refractivity contribution is 0.382. The standard InChI is InChI=1S/C10H26P4/c1-4-5-6-7-9(2)10(3)8-14(12)13-11/h9-10,13H,4-8,11-12H2,1-3H3. The molecule has 0 radical (unpaired) electrons. The summed E-state index contributed by atoms with van der Waals surface area (Å²) in [7, 11) is 7.24. The van der Waals surface area contributed by atoms with Crippen LogP contribution in [0.15, 0.2) is 0 Å². The van der Waals surface area contributed by atoms with Crippen molar-refractivity contribution in [2.45, 2.75) is 46.5 Å². The molecule has 0 aromatic carbocycles. The first-order valence-electron chi connectivity index (χ1n) is 5.60. The molecule has 0 heterocycles. The average molecular weight is 270 g/mol. The van der Waals surface area contributed by atoms with Gasteiger partial charge in [-0.05, 0) is 18.0 Å². The molecule has 0 aliphatic rings. The van der Waals surface area contributed by atoms with Crippen LogP contribution >= 0.6 is 33.1 Å². The molecule has 0 nitrogen and oxygen atoms in total. The Hall–Kier alpha value is 1.72. The summed E-state index contributed by atoms with van der Waals surface area (Å²) in [4.78, 5) is 0. The fourth-order valence-electron chi connectivity index (χ4n) is 1.54. The summed E-state index contributed by atoms with van der Waals surface area (Å²) in [6.07, 6.45) is 7.07. The Balaban J connectivity index is 3.58. The van der Waals surface area contributed by atoms with Crippen molar-refractivity contribution in [3.05, 3.63) is 0 Å². The molecule has 0 aliphatic heterocycles. The summed E-state index contributed by atoms with van der Waals surface area (Å²) in [5.74, 6) is 1.84. The van der Waals surface area contributed by atoms with Gasteiger partial charge in [-0.1, -0.05) is 61.7 Å². The van der Waals surface area contributed by atoms with Gasteiger partial charge in [0.15, 0.2) is 0 Å². The predicted octanol–water partition coefficient (Wildman–Crippen LogP) is 5.49. The second kappa shape index (κ2) is 9.91. The van der Waals surface area contributed by atoms with E-state index in [1.165, 1.54) is 31.8 Å². The second-order valence-electron chi connectivity index (χ2n) is 4.23. The van der Waals surface area contributed by atoms with Crippen molar-refractivity contribution in [2.24, 2.45) is 11.8 Å². The lowest BCUT2D eigenvalue weighted by Gasteiger charge is -2.22. The van der Waals surface area contributed by atoms with E-state index < -0.39 is 0 Å². The molecular weight excluding hydrogens is 244 g/mol. The van der Waals surface area contributed by atoms with Crippen LogP contribution in [0.4, 0.5) is 0 Å². The highest BCUT2D eigenvalue weighted by molar-refractivity contribution is 8.61. The van der Waals surface area contributed by atoms with Gasteiger partial charge < -0.3 is 0 Å². The molecule has 0 amide bonds. The van der Waals surface area contributed by atoms with Gasteiger partial charge in [0.05, 0.1) is 0 Å². The minimum atomic E-state index is 0.239. The molecule has 0 saturated heterocycles. The Labute approximate surface area is 97.8 Å². The molecule has 0 rings (SSSR count). The number of rotatable bonds is 8. The molecule has 0 N–H and O–H groups in total. The zero-order valence-corrected chi connectivity index (χ0v) is 14.0. The second-order valence-corrected chi connectivity index (χ2v) is 14.0. The van der Waals surface area contributed by atoms with Crippen molar-refractivity contribution >= 4 is 33.1 Å². The summed E-state index contributed by atoms with van der Waals surface area (Å²) < 4.78 is 0. The topological polar surface area (TPSA) is 0 Å². The van der Waals surface area contributed by atoms with Crippen LogP contribution in [-0.2, 0) is 0 Å². The van der Waals surface area contributed by atoms with E-state index in [0.717, 1.165) is 19.8 Å². The number of hydrogen-bond acceptors (Lipinski definition) is 0. The number of unbranched alkanes of at least 4 members (excludes halogenated alkanes) is 2. The SMILES string of the molecule is CCCCCC(C)C(C)CP(P)PP. The molecule has 0 aromatic rings. The fourth-order valence-corrected chi connectivity index (χ4v) is 5.76. The molecule has 0 saturated carbocycles. The zero-order chi connectivity index (χ0) is 11.0. The van der Waals surface area contributed by atoms with Crippen molar-refractivity contribution in [2.75, 3.05) is 6.16 Å². The first-order valence-corrected chi connectivity index (χ1v) is 12.4. The quantitative estimate of drug-likeness (QED) is 0.404. The zero-order valence-electron chi connectivity index (χ0n) is 9.79. The predicted molar refractivity (Wildman–Crippen MR) is 82.0 cm³/mol. The Kier molecular flexibility index (Phi) is 11.1. The highest BCUT2D eigenvalue weighted by atomic mass is 32.6. The minimum Gasteiger partial charge on any atom is -0.110 e. The van der Waals surface area contributed by atoms with E-state index in [0.29, 0.717) is 0 Å². The van der Waals surface area contributed by atoms with Crippen molar-refractivity contribution in [3.63, 3.8) is 0 Å². The van der Waals surface area contributed by atoms with E-state index in [1.807, 2.05) is 0 Å². The largest absolute Gasteiger partial charge is 0.110 e. The summed E-state index contributed by atoms with van der Waals surface area (Å²) in [6, 6.07) is 0. The maximum absolute atomic E-state index is 3.04. The van der Waals surface area contributed by atoms with Crippen molar-refractivity contribution in [1.29, 1.82) is 0 Å². The van der Waals surface area contributed by atoms with Crippen LogP contribution in [0.5, 0.6) is 0 Å². The Bertz CT molecular complexity index is 129. The van der Waals surface area contributed by atoms with E-state index in [4.69, 9.17) is 0 Å². The first-order chi connectivity index (χ1) is 6.61. The molecular formula is C10H26P4. The Morgan fingerprint density at radius 2 is 1.86 bits per heavy atom. The maximum Gasteiger partial charge on any atom is -0.0224 e. The molecule has 0 aliphatic carbocycles. The van der Waals surface area contributed by atoms with E-state index >= 15 is 0 Å². The van der Waals surface area contributed by atoms with E-state index in [-0.39, 0.29) is 7.30 Å². The molecule has 0 fully saturated rings. The molecule has 86 valence electrons. The van der Waals surface area contributed by atoms with Gasteiger partial charge in [0.2, 0.25) is 0 Å². The van der Waals surface area contributed by atoms with Gasteiger partial charge >= 0.3 is 0 Å². The average Bonchev–Trinajstić information content (AvgIpc) is 2.17. The summed E-state index contributed by atoms with van der Waals surface area (Å²) in [6.45, 7) is 7.15. The van der Waals surface area contributed by atoms with Crippen LogP contribution in [0.25, 0.3) is 0 Å². The van der Waals surface area contributed by atoms with E-state index in [2.05, 4.69) is 38.6 Å². The van der Waals surface area contributed by atoms with Gasteiger partial charge in [-0.3, -0.25) is 0 Å². The highest BCUT2D eigenvalue weighted by Gasteiger charge is 2.14. The third-order valence-electron chi connectivity index (χ3n) is 2.88. The van der Waals surface area contributed by atoms with Crippen molar-refractivity contribution in [3.8, 4) is 0 Å². The first kappa shape index (κ1) is 15.7. The van der Waals surface area contributed by atoms with Crippen LogP contribution in [-0.4, -0.2) is 6.16 Å². The number of hydrogen-bond donors (Lipinski definition) is 0. The van der Waals surface area contributed by atoms with Gasteiger partial charge in [0.1, 0.15) is 0 Å². The lowest BCUT2D eigenvalue weighted by Crippen LogP contribution is -2.10. The Morgan fingerprint density at radius 3 is 2.36 bits per heavy atom. The smallest absolute Gasteiger partial charge is 0.0224 e. The fraction of sp³-hybridized carbons (Fsp3) is 1.00. The monoisotopic (exact) mass is 270 g/mol. The van der Waals surface area contributed by atoms with Gasteiger partial charge in [-0.25, -0.2) is 0 Å². The molecule has 4 heteroatoms. The van der Waals surface area contributed by atoms with Gasteiger partial charge in [0.25, 0.3) is 0 Å². The van der Waals surface area contributed by atoms with Crippen molar-refractivity contribution < 1.29 is 0 Å². The van der Waals surface area contributed by atoms with Gasteiger partial charge in [-0.2, -0.15) is 0 Å². The van der Waals surface area contributed by atoms with Crippen LogP contribution < -0.4 is 0 Å². The van der Waals surface area contributed by atoms with Crippen molar-refractivity contribution in [1.82, 2.24) is 0 Å². The van der Waals surface area contributed by atoms with Gasteiger partial charge in [-0.15, -0.1) is 17.9 Å². The molecule has 0 spiro atoms. The van der Waals surface area contributed by atoms with E-state index in [9.17, 15) is 0 Å². The summed E-state index contributed by atoms with van der Waals surface area (Å²) >= 11 is 0. The third-order valence-corrected chi connectivity index (χ3v) is 13.4. The highest BCUT2D eigenvalue weighted by Crippen LogP contribution is 2.66. The van der Waals surface area contributed by atoms with Crippen LogP contribution in [0.1, 0.15) is 46.5 Å². The van der Waals surface area contributed by atoms with Crippen LogP contribution in [0.2, 0.25) is 0 Å². The lowest BCUT2D eigenvalue weighted by atomic mass is 9.92. The summed E-state index contributed by atoms with van der Waals surface area (Å²) in [5, 5.41) is 0.